The Morgan fingerprint density at radius 3 is 2.78 bits per heavy atom. The van der Waals surface area contributed by atoms with Gasteiger partial charge in [-0.2, -0.15) is 0 Å². The van der Waals surface area contributed by atoms with Crippen molar-refractivity contribution in [3.8, 4) is 0 Å². The second-order valence-corrected chi connectivity index (χ2v) is 6.62. The van der Waals surface area contributed by atoms with Crippen LogP contribution < -0.4 is 0 Å². The van der Waals surface area contributed by atoms with Gasteiger partial charge >= 0.3 is 5.97 Å². The van der Waals surface area contributed by atoms with Gasteiger partial charge in [0, 0.05) is 28.0 Å². The van der Waals surface area contributed by atoms with Crippen molar-refractivity contribution in [3.63, 3.8) is 0 Å². The fourth-order valence-corrected chi connectivity index (χ4v) is 3.09. The van der Waals surface area contributed by atoms with Crippen LogP contribution in [-0.4, -0.2) is 23.8 Å². The maximum atomic E-state index is 12.4. The highest BCUT2D eigenvalue weighted by molar-refractivity contribution is 9.10. The molecule has 1 aromatic carbocycles. The number of aromatic amines is 1. The zero-order valence-corrected chi connectivity index (χ0v) is 15.1. The van der Waals surface area contributed by atoms with Gasteiger partial charge in [0.2, 0.25) is 0 Å². The van der Waals surface area contributed by atoms with Crippen LogP contribution in [0, 0.1) is 5.92 Å². The molecule has 4 nitrogen and oxygen atoms in total. The number of hydrogen-bond acceptors (Lipinski definition) is 3. The number of nitrogens with one attached hydrogen (secondary N) is 1. The van der Waals surface area contributed by atoms with E-state index in [0.717, 1.165) is 40.2 Å². The summed E-state index contributed by atoms with van der Waals surface area (Å²) in [6, 6.07) is 5.92. The molecule has 23 heavy (non-hydrogen) atoms. The highest BCUT2D eigenvalue weighted by Crippen LogP contribution is 2.26. The maximum Gasteiger partial charge on any atom is 0.316 e. The summed E-state index contributed by atoms with van der Waals surface area (Å²) in [6.07, 6.45) is 5.54. The number of fused-ring (bicyclic) bond motifs is 1. The SMILES string of the molecule is CCCCCC(=O)C(Cc1c[nH]c2ccc(Br)cc12)C(=O)OC. The maximum absolute atomic E-state index is 12.4. The molecule has 1 N–H and O–H groups in total. The topological polar surface area (TPSA) is 59.2 Å². The Kier molecular flexibility index (Phi) is 6.39. The first-order chi connectivity index (χ1) is 11.1. The van der Waals surface area contributed by atoms with Crippen molar-refractivity contribution in [2.24, 2.45) is 5.92 Å². The fraction of sp³-hybridized carbons (Fsp3) is 0.444. The van der Waals surface area contributed by atoms with E-state index < -0.39 is 11.9 Å². The molecule has 1 unspecified atom stereocenters. The number of H-pyrrole nitrogens is 1. The summed E-state index contributed by atoms with van der Waals surface area (Å²) >= 11 is 3.46. The van der Waals surface area contributed by atoms with Crippen molar-refractivity contribution in [3.05, 3.63) is 34.4 Å². The minimum Gasteiger partial charge on any atom is -0.468 e. The van der Waals surface area contributed by atoms with Crippen LogP contribution in [0.25, 0.3) is 10.9 Å². The van der Waals surface area contributed by atoms with Crippen molar-refractivity contribution < 1.29 is 14.3 Å². The van der Waals surface area contributed by atoms with E-state index in [-0.39, 0.29) is 5.78 Å². The van der Waals surface area contributed by atoms with E-state index in [1.807, 2.05) is 24.4 Å². The van der Waals surface area contributed by atoms with Gasteiger partial charge in [-0.15, -0.1) is 0 Å². The predicted octanol–water partition coefficient (Wildman–Crippen LogP) is 4.41. The van der Waals surface area contributed by atoms with Crippen molar-refractivity contribution in [1.82, 2.24) is 4.98 Å². The van der Waals surface area contributed by atoms with Gasteiger partial charge in [0.05, 0.1) is 7.11 Å². The molecule has 0 fully saturated rings. The smallest absolute Gasteiger partial charge is 0.316 e. The van der Waals surface area contributed by atoms with Gasteiger partial charge in [-0.3, -0.25) is 9.59 Å². The average Bonchev–Trinajstić information content (AvgIpc) is 2.94. The Morgan fingerprint density at radius 1 is 1.30 bits per heavy atom. The summed E-state index contributed by atoms with van der Waals surface area (Å²) in [6.45, 7) is 2.09. The number of unbranched alkanes of at least 4 members (excludes halogenated alkanes) is 2. The van der Waals surface area contributed by atoms with E-state index in [1.54, 1.807) is 0 Å². The summed E-state index contributed by atoms with van der Waals surface area (Å²) in [7, 11) is 1.33. The van der Waals surface area contributed by atoms with E-state index in [4.69, 9.17) is 4.74 Å². The molecule has 1 atom stereocenters. The van der Waals surface area contributed by atoms with Gasteiger partial charge in [0.25, 0.3) is 0 Å². The molecule has 0 saturated carbocycles. The second kappa shape index (κ2) is 8.29. The number of rotatable bonds is 8. The molecule has 0 radical (unpaired) electrons. The van der Waals surface area contributed by atoms with Crippen molar-refractivity contribution in [2.45, 2.75) is 39.0 Å². The fourth-order valence-electron chi connectivity index (χ4n) is 2.73. The van der Waals surface area contributed by atoms with Crippen LogP contribution in [0.5, 0.6) is 0 Å². The van der Waals surface area contributed by atoms with Gasteiger partial charge in [-0.1, -0.05) is 35.7 Å². The number of Topliss-reactive ketones (excluding diaryl/α,β-unsaturated/α-hetero) is 1. The van der Waals surface area contributed by atoms with Crippen LogP contribution in [0.4, 0.5) is 0 Å². The van der Waals surface area contributed by atoms with E-state index in [1.165, 1.54) is 7.11 Å². The molecule has 0 spiro atoms. The number of benzene rings is 1. The molecule has 0 aliphatic heterocycles. The largest absolute Gasteiger partial charge is 0.468 e. The van der Waals surface area contributed by atoms with Crippen molar-refractivity contribution in [2.75, 3.05) is 7.11 Å². The van der Waals surface area contributed by atoms with Crippen LogP contribution in [0.3, 0.4) is 0 Å². The molecule has 0 saturated heterocycles. The number of hydrogen-bond donors (Lipinski definition) is 1. The third kappa shape index (κ3) is 4.44. The summed E-state index contributed by atoms with van der Waals surface area (Å²) < 4.78 is 5.81. The van der Waals surface area contributed by atoms with Gasteiger partial charge in [0.1, 0.15) is 11.7 Å². The first-order valence-electron chi connectivity index (χ1n) is 7.92. The zero-order chi connectivity index (χ0) is 16.8. The van der Waals surface area contributed by atoms with Crippen molar-refractivity contribution >= 4 is 38.6 Å². The van der Waals surface area contributed by atoms with Gasteiger partial charge in [-0.25, -0.2) is 0 Å². The average molecular weight is 380 g/mol. The first kappa shape index (κ1) is 17.7. The number of ether oxygens (including phenoxy) is 1. The number of esters is 1. The molecule has 0 bridgehead atoms. The third-order valence-electron chi connectivity index (χ3n) is 4.05. The monoisotopic (exact) mass is 379 g/mol. The lowest BCUT2D eigenvalue weighted by Gasteiger charge is -2.13. The molecule has 5 heteroatoms. The van der Waals surface area contributed by atoms with Crippen LogP contribution in [0.2, 0.25) is 0 Å². The number of carbonyl (C=O) groups excluding carboxylic acids is 2. The number of halogens is 1. The molecule has 2 aromatic rings. The standard InChI is InChI=1S/C18H22BrNO3/c1-3-4-5-6-17(21)15(18(22)23-2)9-12-11-20-16-8-7-13(19)10-14(12)16/h7-8,10-11,15,20H,3-6,9H2,1-2H3. The zero-order valence-electron chi connectivity index (χ0n) is 13.5. The van der Waals surface area contributed by atoms with Crippen LogP contribution in [0.1, 0.15) is 38.2 Å². The number of methoxy groups -OCH3 is 1. The molecular formula is C18H22BrNO3. The summed E-state index contributed by atoms with van der Waals surface area (Å²) in [5.74, 6) is -1.21. The molecule has 1 heterocycles. The lowest BCUT2D eigenvalue weighted by atomic mass is 9.92. The van der Waals surface area contributed by atoms with Crippen LogP contribution >= 0.6 is 15.9 Å². The molecule has 0 aliphatic carbocycles. The van der Waals surface area contributed by atoms with Crippen LogP contribution in [-0.2, 0) is 20.7 Å². The third-order valence-corrected chi connectivity index (χ3v) is 4.55. The number of carbonyl (C=O) groups is 2. The van der Waals surface area contributed by atoms with Crippen LogP contribution in [0.15, 0.2) is 28.9 Å². The first-order valence-corrected chi connectivity index (χ1v) is 8.72. The Hall–Kier alpha value is -1.62. The quantitative estimate of drug-likeness (QED) is 0.419. The molecular weight excluding hydrogens is 358 g/mol. The van der Waals surface area contributed by atoms with E-state index in [0.29, 0.717) is 12.8 Å². The Balaban J connectivity index is 2.20. The minimum absolute atomic E-state index is 0.0327. The highest BCUT2D eigenvalue weighted by atomic mass is 79.9. The Bertz CT molecular complexity index is 693. The van der Waals surface area contributed by atoms with E-state index >= 15 is 0 Å². The predicted molar refractivity (Wildman–Crippen MR) is 94.4 cm³/mol. The lowest BCUT2D eigenvalue weighted by molar-refractivity contribution is -0.149. The van der Waals surface area contributed by atoms with Gasteiger partial charge in [0.15, 0.2) is 0 Å². The molecule has 0 aliphatic rings. The molecule has 1 aromatic heterocycles. The number of aromatic nitrogens is 1. The molecule has 124 valence electrons. The van der Waals surface area contributed by atoms with Crippen molar-refractivity contribution in [1.29, 1.82) is 0 Å². The number of ketones is 1. The van der Waals surface area contributed by atoms with Gasteiger partial charge < -0.3 is 9.72 Å². The van der Waals surface area contributed by atoms with E-state index in [2.05, 4.69) is 27.8 Å². The lowest BCUT2D eigenvalue weighted by Crippen LogP contribution is -2.27. The summed E-state index contributed by atoms with van der Waals surface area (Å²) in [4.78, 5) is 27.7. The molecule has 0 amide bonds. The summed E-state index contributed by atoms with van der Waals surface area (Å²) in [5, 5.41) is 1.02. The molecule has 2 rings (SSSR count). The van der Waals surface area contributed by atoms with Gasteiger partial charge in [-0.05, 0) is 36.6 Å². The second-order valence-electron chi connectivity index (χ2n) is 5.71. The highest BCUT2D eigenvalue weighted by Gasteiger charge is 2.28. The Morgan fingerprint density at radius 2 is 2.09 bits per heavy atom. The summed E-state index contributed by atoms with van der Waals surface area (Å²) in [5.41, 5.74) is 1.95. The van der Waals surface area contributed by atoms with E-state index in [9.17, 15) is 9.59 Å². The normalized spacial score (nSPS) is 12.3. The Labute approximate surface area is 144 Å². The minimum atomic E-state index is -0.727.